The first-order valence-corrected chi connectivity index (χ1v) is 13.8. The number of hydrogen-bond donors (Lipinski definition) is 0. The van der Waals surface area contributed by atoms with Crippen LogP contribution in [0.4, 0.5) is 0 Å². The maximum absolute atomic E-state index is 6.56. The lowest BCUT2D eigenvalue weighted by Gasteiger charge is -2.46. The van der Waals surface area contributed by atoms with E-state index in [1.54, 1.807) is 0 Å². The van der Waals surface area contributed by atoms with Crippen molar-refractivity contribution in [3.8, 4) is 0 Å². The summed E-state index contributed by atoms with van der Waals surface area (Å²) in [5.41, 5.74) is 0. The standard InChI is InChI=1S/C28H52O/c1-5-9-22-14-16-27(24(7-3)18-22)28-17-15-26(19-25(28)8-4)29-20-23-12-10-21(6-2)11-13-23/h21-28H,5-20H2,1-4H3. The molecule has 0 aromatic rings. The number of hydrogen-bond acceptors (Lipinski definition) is 1. The van der Waals surface area contributed by atoms with E-state index in [9.17, 15) is 0 Å². The van der Waals surface area contributed by atoms with Gasteiger partial charge >= 0.3 is 0 Å². The zero-order valence-corrected chi connectivity index (χ0v) is 20.3. The third-order valence-corrected chi connectivity index (χ3v) is 9.55. The Labute approximate surface area is 183 Å². The van der Waals surface area contributed by atoms with Gasteiger partial charge in [0.05, 0.1) is 6.10 Å². The van der Waals surface area contributed by atoms with Crippen molar-refractivity contribution < 1.29 is 4.74 Å². The minimum Gasteiger partial charge on any atom is -0.378 e. The van der Waals surface area contributed by atoms with Gasteiger partial charge in [-0.3, -0.25) is 0 Å². The van der Waals surface area contributed by atoms with Crippen molar-refractivity contribution in [1.29, 1.82) is 0 Å². The van der Waals surface area contributed by atoms with Crippen LogP contribution in [0.3, 0.4) is 0 Å². The average Bonchev–Trinajstić information content (AvgIpc) is 2.78. The highest BCUT2D eigenvalue weighted by Crippen LogP contribution is 2.48. The monoisotopic (exact) mass is 404 g/mol. The second-order valence-corrected chi connectivity index (χ2v) is 11.2. The van der Waals surface area contributed by atoms with Crippen LogP contribution in [0.5, 0.6) is 0 Å². The maximum atomic E-state index is 6.56. The second-order valence-electron chi connectivity index (χ2n) is 11.2. The summed E-state index contributed by atoms with van der Waals surface area (Å²) in [7, 11) is 0. The zero-order chi connectivity index (χ0) is 20.6. The van der Waals surface area contributed by atoms with Gasteiger partial charge in [-0.05, 0) is 86.4 Å². The van der Waals surface area contributed by atoms with Crippen molar-refractivity contribution in [3.63, 3.8) is 0 Å². The van der Waals surface area contributed by atoms with Crippen LogP contribution >= 0.6 is 0 Å². The van der Waals surface area contributed by atoms with E-state index in [4.69, 9.17) is 4.74 Å². The second kappa shape index (κ2) is 12.1. The molecule has 3 aliphatic carbocycles. The molecule has 0 N–H and O–H groups in total. The van der Waals surface area contributed by atoms with E-state index in [0.717, 1.165) is 48.0 Å². The summed E-state index contributed by atoms with van der Waals surface area (Å²) in [6.07, 6.45) is 22.1. The fourth-order valence-electron chi connectivity index (χ4n) is 7.60. The molecule has 29 heavy (non-hydrogen) atoms. The first-order valence-electron chi connectivity index (χ1n) is 13.8. The van der Waals surface area contributed by atoms with Crippen molar-refractivity contribution >= 4 is 0 Å². The molecule has 0 radical (unpaired) electrons. The van der Waals surface area contributed by atoms with Crippen LogP contribution in [-0.2, 0) is 4.74 Å². The molecule has 0 spiro atoms. The van der Waals surface area contributed by atoms with Crippen LogP contribution in [0.15, 0.2) is 0 Å². The molecule has 0 aromatic heterocycles. The SMILES string of the molecule is CCCC1CCC(C2CCC(OCC3CCC(CC)CC3)CC2CC)C(CC)C1. The quantitative estimate of drug-likeness (QED) is 0.373. The molecule has 0 bridgehead atoms. The van der Waals surface area contributed by atoms with Crippen molar-refractivity contribution in [1.82, 2.24) is 0 Å². The Morgan fingerprint density at radius 3 is 1.79 bits per heavy atom. The van der Waals surface area contributed by atoms with Crippen LogP contribution in [0.25, 0.3) is 0 Å². The smallest absolute Gasteiger partial charge is 0.0578 e. The highest BCUT2D eigenvalue weighted by atomic mass is 16.5. The van der Waals surface area contributed by atoms with E-state index in [-0.39, 0.29) is 0 Å². The van der Waals surface area contributed by atoms with E-state index in [2.05, 4.69) is 27.7 Å². The van der Waals surface area contributed by atoms with E-state index in [1.165, 1.54) is 96.3 Å². The summed E-state index contributed by atoms with van der Waals surface area (Å²) in [5.74, 6) is 6.83. The molecule has 3 rings (SSSR count). The first-order chi connectivity index (χ1) is 14.2. The Bertz CT molecular complexity index is 438. The Kier molecular flexibility index (Phi) is 9.87. The van der Waals surface area contributed by atoms with Gasteiger partial charge in [-0.2, -0.15) is 0 Å². The molecule has 6 atom stereocenters. The van der Waals surface area contributed by atoms with Gasteiger partial charge in [-0.15, -0.1) is 0 Å². The van der Waals surface area contributed by atoms with Gasteiger partial charge in [0, 0.05) is 6.61 Å². The number of ether oxygens (including phenoxy) is 1. The summed E-state index contributed by atoms with van der Waals surface area (Å²) in [6.45, 7) is 10.7. The van der Waals surface area contributed by atoms with Crippen LogP contribution in [-0.4, -0.2) is 12.7 Å². The summed E-state index contributed by atoms with van der Waals surface area (Å²) < 4.78 is 6.56. The predicted molar refractivity (Wildman–Crippen MR) is 126 cm³/mol. The van der Waals surface area contributed by atoms with Crippen molar-refractivity contribution in [3.05, 3.63) is 0 Å². The molecule has 0 amide bonds. The van der Waals surface area contributed by atoms with Gasteiger partial charge in [-0.25, -0.2) is 0 Å². The van der Waals surface area contributed by atoms with Gasteiger partial charge < -0.3 is 4.74 Å². The Hall–Kier alpha value is -0.0400. The predicted octanol–water partition coefficient (Wildman–Crippen LogP) is 8.66. The molecule has 3 aliphatic rings. The summed E-state index contributed by atoms with van der Waals surface area (Å²) in [4.78, 5) is 0. The van der Waals surface area contributed by atoms with Gasteiger partial charge in [0.1, 0.15) is 0 Å². The third kappa shape index (κ3) is 6.47. The van der Waals surface area contributed by atoms with Crippen LogP contribution in [0.1, 0.15) is 124 Å². The third-order valence-electron chi connectivity index (χ3n) is 9.55. The molecule has 6 unspecified atom stereocenters. The Morgan fingerprint density at radius 1 is 0.586 bits per heavy atom. The molecule has 3 fully saturated rings. The summed E-state index contributed by atoms with van der Waals surface area (Å²) >= 11 is 0. The van der Waals surface area contributed by atoms with Gasteiger partial charge in [0.2, 0.25) is 0 Å². The van der Waals surface area contributed by atoms with Crippen molar-refractivity contribution in [2.75, 3.05) is 6.61 Å². The van der Waals surface area contributed by atoms with E-state index < -0.39 is 0 Å². The summed E-state index contributed by atoms with van der Waals surface area (Å²) in [5, 5.41) is 0. The minimum absolute atomic E-state index is 0.566. The topological polar surface area (TPSA) is 9.23 Å². The first kappa shape index (κ1) is 23.6. The molecule has 0 saturated heterocycles. The van der Waals surface area contributed by atoms with E-state index >= 15 is 0 Å². The summed E-state index contributed by atoms with van der Waals surface area (Å²) in [6, 6.07) is 0. The van der Waals surface area contributed by atoms with E-state index in [0.29, 0.717) is 6.10 Å². The lowest BCUT2D eigenvalue weighted by atomic mass is 9.60. The molecule has 0 aliphatic heterocycles. The van der Waals surface area contributed by atoms with E-state index in [1.807, 2.05) is 0 Å². The van der Waals surface area contributed by atoms with Gasteiger partial charge in [-0.1, -0.05) is 79.1 Å². The molecule has 3 saturated carbocycles. The molecular formula is C28H52O. The van der Waals surface area contributed by atoms with Gasteiger partial charge in [0.25, 0.3) is 0 Å². The van der Waals surface area contributed by atoms with Crippen LogP contribution in [0, 0.1) is 41.4 Å². The number of rotatable bonds is 9. The fraction of sp³-hybridized carbons (Fsp3) is 1.00. The molecule has 170 valence electrons. The average molecular weight is 405 g/mol. The highest BCUT2D eigenvalue weighted by Gasteiger charge is 2.40. The van der Waals surface area contributed by atoms with Crippen LogP contribution < -0.4 is 0 Å². The molecule has 1 heteroatoms. The molecule has 1 nitrogen and oxygen atoms in total. The minimum atomic E-state index is 0.566. The Morgan fingerprint density at radius 2 is 1.17 bits per heavy atom. The fourth-order valence-corrected chi connectivity index (χ4v) is 7.60. The normalized spacial score (nSPS) is 41.4. The lowest BCUT2D eigenvalue weighted by Crippen LogP contribution is -2.39. The highest BCUT2D eigenvalue weighted by molar-refractivity contribution is 4.90. The maximum Gasteiger partial charge on any atom is 0.0578 e. The molecular weight excluding hydrogens is 352 g/mol. The lowest BCUT2D eigenvalue weighted by molar-refractivity contribution is -0.0459. The van der Waals surface area contributed by atoms with Crippen LogP contribution in [0.2, 0.25) is 0 Å². The molecule has 0 heterocycles. The van der Waals surface area contributed by atoms with Crippen molar-refractivity contribution in [2.24, 2.45) is 41.4 Å². The largest absolute Gasteiger partial charge is 0.378 e. The molecule has 0 aromatic carbocycles. The van der Waals surface area contributed by atoms with Gasteiger partial charge in [0.15, 0.2) is 0 Å². The van der Waals surface area contributed by atoms with Crippen molar-refractivity contribution in [2.45, 2.75) is 130 Å². The zero-order valence-electron chi connectivity index (χ0n) is 20.3. The Balaban J connectivity index is 1.46.